The van der Waals surface area contributed by atoms with Crippen molar-refractivity contribution < 1.29 is 25.6 Å². The average Bonchev–Trinajstić information content (AvgIpc) is 1.41. The molecule has 0 amide bonds. The molecule has 0 saturated heterocycles. The van der Waals surface area contributed by atoms with Gasteiger partial charge in [0.2, 0.25) is 0 Å². The normalized spacial score (nSPS) is 4.71. The molecule has 0 aromatic heterocycles. The van der Waals surface area contributed by atoms with Crippen LogP contribution >= 0.6 is 0 Å². The van der Waals surface area contributed by atoms with Crippen molar-refractivity contribution in [1.82, 2.24) is 0 Å². The molecule has 0 aliphatic heterocycles. The maximum absolute atomic E-state index is 7.17. The Hall–Kier alpha value is 0.865. The third-order valence-corrected chi connectivity index (χ3v) is 0. The molecule has 0 radical (unpaired) electrons. The van der Waals surface area contributed by atoms with Crippen LogP contribution in [0.1, 0.15) is 0 Å². The summed E-state index contributed by atoms with van der Waals surface area (Å²) in [5, 5.41) is 33.5. The molecule has 0 unspecified atom stereocenters. The Morgan fingerprint density at radius 3 is 0.857 bits per heavy atom. The van der Waals surface area contributed by atoms with Gasteiger partial charge in [0.05, 0.1) is 0 Å². The minimum atomic E-state index is -2.17. The van der Waals surface area contributed by atoms with Crippen molar-refractivity contribution in [2.75, 3.05) is 0 Å². The van der Waals surface area contributed by atoms with Crippen LogP contribution in [0.25, 0.3) is 0 Å². The molecular weight excluding hydrogens is 114 g/mol. The van der Waals surface area contributed by atoms with E-state index in [4.69, 9.17) is 25.6 Å². The van der Waals surface area contributed by atoms with E-state index in [1.165, 1.54) is 0 Å². The van der Waals surface area contributed by atoms with E-state index >= 15 is 0 Å². The fourth-order valence-electron chi connectivity index (χ4n) is 0. The van der Waals surface area contributed by atoms with E-state index in [0.717, 1.165) is 0 Å². The second-order valence-electron chi connectivity index (χ2n) is 0.346. The van der Waals surface area contributed by atoms with Crippen LogP contribution in [0.2, 0.25) is 0 Å². The Labute approximate surface area is 62.6 Å². The molecule has 0 heterocycles. The molecule has 0 fully saturated rings. The predicted octanol–water partition coefficient (Wildman–Crippen LogP) is -2.68. The first-order valence-electron chi connectivity index (χ1n) is 0.975. The molecule has 0 bridgehead atoms. The maximum atomic E-state index is 7.17. The Morgan fingerprint density at radius 2 is 0.857 bits per heavy atom. The Balaban J connectivity index is -0.0000000480. The van der Waals surface area contributed by atoms with Crippen molar-refractivity contribution in [1.29, 1.82) is 0 Å². The van der Waals surface area contributed by atoms with Gasteiger partial charge in [-0.05, 0) is 0 Å². The fourth-order valence-corrected chi connectivity index (χ4v) is 0. The summed E-state index contributed by atoms with van der Waals surface area (Å²) in [4.78, 5) is 0. The Kier molecular flexibility index (Phi) is 35.4. The zero-order chi connectivity index (χ0) is 5.58. The molecule has 0 saturated carbocycles. The molecule has 0 aromatic carbocycles. The van der Waals surface area contributed by atoms with Gasteiger partial charge in [0, 0.05) is 0 Å². The van der Waals surface area contributed by atoms with Gasteiger partial charge in [0.1, 0.15) is 0 Å². The molecule has 7 heteroatoms. The first-order chi connectivity index (χ1) is 2.73. The summed E-state index contributed by atoms with van der Waals surface area (Å²) < 4.78 is 0. The van der Waals surface area contributed by atoms with Crippen LogP contribution in [0.3, 0.4) is 0 Å². The van der Waals surface area contributed by atoms with Crippen molar-refractivity contribution in [3.05, 3.63) is 0 Å². The van der Waals surface area contributed by atoms with E-state index in [0.29, 0.717) is 0 Å². The van der Waals surface area contributed by atoms with Gasteiger partial charge >= 0.3 is 36.9 Å². The standard InChI is InChI=1S/BH3O3.Na.H2O2.H/c2-1(3)4;;1-2;/h2-4H;;1-2H;. The van der Waals surface area contributed by atoms with Crippen LogP contribution in [-0.4, -0.2) is 62.5 Å². The SMILES string of the molecule is OB(O)O.OO.[NaH]. The second-order valence-corrected chi connectivity index (χ2v) is 0.346. The second kappa shape index (κ2) is 15.8. The van der Waals surface area contributed by atoms with Gasteiger partial charge in [-0.25, -0.2) is 0 Å². The quantitative estimate of drug-likeness (QED) is 0.136. The molecule has 40 valence electrons. The van der Waals surface area contributed by atoms with Gasteiger partial charge in [0.25, 0.3) is 0 Å². The van der Waals surface area contributed by atoms with Gasteiger partial charge < -0.3 is 15.1 Å². The van der Waals surface area contributed by atoms with Crippen molar-refractivity contribution in [3.63, 3.8) is 0 Å². The molecule has 0 aliphatic carbocycles. The zero-order valence-electron chi connectivity index (χ0n) is 2.81. The van der Waals surface area contributed by atoms with E-state index < -0.39 is 7.32 Å². The molecule has 0 spiro atoms. The van der Waals surface area contributed by atoms with Gasteiger partial charge in [-0.15, -0.1) is 0 Å². The minimum absolute atomic E-state index is 0. The Bertz CT molecular complexity index is 12.8. The van der Waals surface area contributed by atoms with Crippen LogP contribution in [-0.2, 0) is 0 Å². The van der Waals surface area contributed by atoms with Crippen LogP contribution in [0.5, 0.6) is 0 Å². The van der Waals surface area contributed by atoms with E-state index in [1.807, 2.05) is 0 Å². The molecule has 0 rings (SSSR count). The molecule has 0 aromatic rings. The number of hydrogen-bond acceptors (Lipinski definition) is 5. The van der Waals surface area contributed by atoms with Crippen LogP contribution in [0.15, 0.2) is 0 Å². The van der Waals surface area contributed by atoms with Crippen molar-refractivity contribution in [2.45, 2.75) is 0 Å². The Morgan fingerprint density at radius 1 is 0.857 bits per heavy atom. The van der Waals surface area contributed by atoms with E-state index in [9.17, 15) is 0 Å². The topological polar surface area (TPSA) is 101 Å². The van der Waals surface area contributed by atoms with Gasteiger partial charge in [-0.3, -0.25) is 10.5 Å². The summed E-state index contributed by atoms with van der Waals surface area (Å²) in [6, 6.07) is 0. The summed E-state index contributed by atoms with van der Waals surface area (Å²) in [5.41, 5.74) is 0. The third kappa shape index (κ3) is 217. The molecule has 5 nitrogen and oxygen atoms in total. The molecule has 0 aliphatic rings. The molecule has 7 heavy (non-hydrogen) atoms. The zero-order valence-corrected chi connectivity index (χ0v) is 2.81. The monoisotopic (exact) mass is 120 g/mol. The van der Waals surface area contributed by atoms with Crippen molar-refractivity contribution in [3.8, 4) is 0 Å². The molecule has 5 N–H and O–H groups in total. The first-order valence-corrected chi connectivity index (χ1v) is 0.975. The number of rotatable bonds is 0. The van der Waals surface area contributed by atoms with Crippen LogP contribution in [0.4, 0.5) is 0 Å². The third-order valence-electron chi connectivity index (χ3n) is 0. The summed E-state index contributed by atoms with van der Waals surface area (Å²) in [6.45, 7) is 0. The van der Waals surface area contributed by atoms with Gasteiger partial charge in [-0.1, -0.05) is 0 Å². The average molecular weight is 120 g/mol. The van der Waals surface area contributed by atoms with Gasteiger partial charge in [-0.2, -0.15) is 0 Å². The van der Waals surface area contributed by atoms with Crippen LogP contribution < -0.4 is 0 Å². The molecular formula is H6BNaO5. The van der Waals surface area contributed by atoms with Gasteiger partial charge in [0.15, 0.2) is 0 Å². The summed E-state index contributed by atoms with van der Waals surface area (Å²) in [6.07, 6.45) is 0. The summed E-state index contributed by atoms with van der Waals surface area (Å²) >= 11 is 0. The van der Waals surface area contributed by atoms with Crippen LogP contribution in [0, 0.1) is 0 Å². The molecule has 0 atom stereocenters. The number of hydrogen-bond donors (Lipinski definition) is 5. The van der Waals surface area contributed by atoms with E-state index in [2.05, 4.69) is 0 Å². The fraction of sp³-hybridized carbons (Fsp3) is 0. The van der Waals surface area contributed by atoms with Crippen molar-refractivity contribution >= 4 is 36.9 Å². The van der Waals surface area contributed by atoms with E-state index in [-0.39, 0.29) is 29.6 Å². The predicted molar refractivity (Wildman–Crippen MR) is 24.8 cm³/mol. The van der Waals surface area contributed by atoms with E-state index in [1.54, 1.807) is 0 Å². The first kappa shape index (κ1) is 15.7. The van der Waals surface area contributed by atoms with Crippen molar-refractivity contribution in [2.24, 2.45) is 0 Å². The summed E-state index contributed by atoms with van der Waals surface area (Å²) in [5.74, 6) is 0. The summed E-state index contributed by atoms with van der Waals surface area (Å²) in [7, 11) is -2.17.